The largest absolute Gasteiger partial charge is 0.351 e. The van der Waals surface area contributed by atoms with Crippen LogP contribution in [0.3, 0.4) is 0 Å². The van der Waals surface area contributed by atoms with Crippen LogP contribution in [0.2, 0.25) is 0 Å². The lowest BCUT2D eigenvalue weighted by Crippen LogP contribution is -2.46. The Morgan fingerprint density at radius 2 is 1.38 bits per heavy atom. The number of nitrogens with zero attached hydrogens (tertiary/aromatic N) is 1. The fraction of sp³-hybridized carbons (Fsp3) is 0.321. The molecule has 0 saturated carbocycles. The summed E-state index contributed by atoms with van der Waals surface area (Å²) in [6.45, 7) is 1.88. The van der Waals surface area contributed by atoms with Crippen LogP contribution in [0, 0.1) is 0 Å². The van der Waals surface area contributed by atoms with Gasteiger partial charge in [0.15, 0.2) is 0 Å². The normalized spacial score (nSPS) is 12.1. The Morgan fingerprint density at radius 3 is 1.91 bits per heavy atom. The summed E-state index contributed by atoms with van der Waals surface area (Å²) >= 11 is 0. The summed E-state index contributed by atoms with van der Waals surface area (Å²) in [4.78, 5) is 15.0. The zero-order valence-corrected chi connectivity index (χ0v) is 19.0. The highest BCUT2D eigenvalue weighted by atomic mass is 16.2. The number of hydrogen-bond donors (Lipinski definition) is 2. The zero-order chi connectivity index (χ0) is 22.6. The van der Waals surface area contributed by atoms with E-state index in [1.165, 1.54) is 11.1 Å². The fourth-order valence-corrected chi connectivity index (χ4v) is 4.21. The highest BCUT2D eigenvalue weighted by Crippen LogP contribution is 2.29. The standard InChI is InChI=1S/C28H35N3O/c1-31(27(19-20-29)28(32)30-22-23-12-5-2-6-13-23)21-11-18-26(24-14-7-3-8-15-24)25-16-9-4-10-17-25/h2-10,12-17,26-27H,11,18-22,29H2,1H3,(H,30,32). The van der Waals surface area contributed by atoms with Crippen LogP contribution in [0.5, 0.6) is 0 Å². The summed E-state index contributed by atoms with van der Waals surface area (Å²) < 4.78 is 0. The summed E-state index contributed by atoms with van der Waals surface area (Å²) in [6.07, 6.45) is 2.68. The average molecular weight is 430 g/mol. The molecule has 0 radical (unpaired) electrons. The van der Waals surface area contributed by atoms with Crippen molar-refractivity contribution in [2.75, 3.05) is 20.1 Å². The molecule has 32 heavy (non-hydrogen) atoms. The molecule has 0 fully saturated rings. The fourth-order valence-electron chi connectivity index (χ4n) is 4.21. The SMILES string of the molecule is CN(CCCC(c1ccccc1)c1ccccc1)C(CCN)C(=O)NCc1ccccc1. The molecule has 3 N–H and O–H groups in total. The molecule has 3 aromatic carbocycles. The number of rotatable bonds is 12. The minimum absolute atomic E-state index is 0.0458. The quantitative estimate of drug-likeness (QED) is 0.444. The molecule has 3 rings (SSSR count). The highest BCUT2D eigenvalue weighted by molar-refractivity contribution is 5.81. The lowest BCUT2D eigenvalue weighted by atomic mass is 9.87. The number of nitrogens with one attached hydrogen (secondary N) is 1. The number of carbonyl (C=O) groups is 1. The third kappa shape index (κ3) is 7.04. The molecule has 1 amide bonds. The topological polar surface area (TPSA) is 58.4 Å². The van der Waals surface area contributed by atoms with E-state index in [-0.39, 0.29) is 11.9 Å². The molecule has 1 unspecified atom stereocenters. The first-order valence-corrected chi connectivity index (χ1v) is 11.5. The molecule has 0 bridgehead atoms. The minimum Gasteiger partial charge on any atom is -0.351 e. The van der Waals surface area contributed by atoms with Crippen molar-refractivity contribution in [1.82, 2.24) is 10.2 Å². The maximum absolute atomic E-state index is 12.9. The zero-order valence-electron chi connectivity index (χ0n) is 19.0. The molecule has 0 spiro atoms. The van der Waals surface area contributed by atoms with E-state index in [1.807, 2.05) is 37.4 Å². The number of benzene rings is 3. The first kappa shape index (κ1) is 23.7. The number of nitrogens with two attached hydrogens (primary N) is 1. The van der Waals surface area contributed by atoms with Crippen molar-refractivity contribution < 1.29 is 4.79 Å². The van der Waals surface area contributed by atoms with Gasteiger partial charge in [-0.15, -0.1) is 0 Å². The number of carbonyl (C=O) groups excluding carboxylic acids is 1. The van der Waals surface area contributed by atoms with Gasteiger partial charge in [-0.2, -0.15) is 0 Å². The summed E-state index contributed by atoms with van der Waals surface area (Å²) in [5.74, 6) is 0.398. The van der Waals surface area contributed by atoms with E-state index in [1.54, 1.807) is 0 Å². The van der Waals surface area contributed by atoms with Gasteiger partial charge < -0.3 is 11.1 Å². The molecule has 0 aliphatic carbocycles. The second-order valence-corrected chi connectivity index (χ2v) is 8.29. The van der Waals surface area contributed by atoms with Crippen molar-refractivity contribution in [1.29, 1.82) is 0 Å². The lowest BCUT2D eigenvalue weighted by molar-refractivity contribution is -0.126. The van der Waals surface area contributed by atoms with Crippen molar-refractivity contribution in [2.24, 2.45) is 5.73 Å². The van der Waals surface area contributed by atoms with Crippen LogP contribution in [-0.2, 0) is 11.3 Å². The van der Waals surface area contributed by atoms with E-state index in [0.717, 1.165) is 24.9 Å². The van der Waals surface area contributed by atoms with Gasteiger partial charge in [0.25, 0.3) is 0 Å². The predicted octanol–water partition coefficient (Wildman–Crippen LogP) is 4.56. The Morgan fingerprint density at radius 1 is 0.844 bits per heavy atom. The molecule has 0 saturated heterocycles. The molecule has 0 aliphatic rings. The summed E-state index contributed by atoms with van der Waals surface area (Å²) in [7, 11) is 2.03. The van der Waals surface area contributed by atoms with Gasteiger partial charge in [0.05, 0.1) is 6.04 Å². The van der Waals surface area contributed by atoms with E-state index < -0.39 is 0 Å². The first-order chi connectivity index (χ1) is 15.7. The Bertz CT molecular complexity index is 876. The van der Waals surface area contributed by atoms with Gasteiger partial charge in [0.1, 0.15) is 0 Å². The van der Waals surface area contributed by atoms with E-state index in [4.69, 9.17) is 5.73 Å². The van der Waals surface area contributed by atoms with Gasteiger partial charge in [0, 0.05) is 12.5 Å². The maximum atomic E-state index is 12.9. The molecule has 0 aromatic heterocycles. The number of likely N-dealkylation sites (N-methyl/N-ethyl adjacent to an activating group) is 1. The molecule has 3 aromatic rings. The second-order valence-electron chi connectivity index (χ2n) is 8.29. The van der Waals surface area contributed by atoms with Crippen LogP contribution >= 0.6 is 0 Å². The molecule has 4 nitrogen and oxygen atoms in total. The molecular weight excluding hydrogens is 394 g/mol. The third-order valence-corrected chi connectivity index (χ3v) is 5.99. The summed E-state index contributed by atoms with van der Waals surface area (Å²) in [6, 6.07) is 31.1. The van der Waals surface area contributed by atoms with Crippen molar-refractivity contribution in [3.63, 3.8) is 0 Å². The van der Waals surface area contributed by atoms with Gasteiger partial charge in [-0.25, -0.2) is 0 Å². The van der Waals surface area contributed by atoms with Gasteiger partial charge in [-0.1, -0.05) is 91.0 Å². The molecular formula is C28H35N3O. The van der Waals surface area contributed by atoms with E-state index >= 15 is 0 Å². The lowest BCUT2D eigenvalue weighted by Gasteiger charge is -2.28. The summed E-state index contributed by atoms with van der Waals surface area (Å²) in [5, 5.41) is 3.08. The monoisotopic (exact) mass is 429 g/mol. The van der Waals surface area contributed by atoms with Crippen molar-refractivity contribution in [3.05, 3.63) is 108 Å². The molecule has 0 aliphatic heterocycles. The van der Waals surface area contributed by atoms with Gasteiger partial charge in [0.2, 0.25) is 5.91 Å². The van der Waals surface area contributed by atoms with E-state index in [9.17, 15) is 4.79 Å². The molecule has 4 heteroatoms. The Kier molecular flexibility index (Phi) is 9.48. The minimum atomic E-state index is -0.212. The predicted molar refractivity (Wildman–Crippen MR) is 132 cm³/mol. The number of hydrogen-bond acceptors (Lipinski definition) is 3. The molecule has 0 heterocycles. The Balaban J connectivity index is 1.58. The van der Waals surface area contributed by atoms with Crippen molar-refractivity contribution >= 4 is 5.91 Å². The van der Waals surface area contributed by atoms with Crippen LogP contribution in [-0.4, -0.2) is 37.0 Å². The molecule has 1 atom stereocenters. The van der Waals surface area contributed by atoms with Crippen LogP contribution < -0.4 is 11.1 Å². The van der Waals surface area contributed by atoms with E-state index in [2.05, 4.69) is 70.9 Å². The Hall–Kier alpha value is -2.95. The molecule has 168 valence electrons. The van der Waals surface area contributed by atoms with Crippen LogP contribution in [0.1, 0.15) is 41.9 Å². The average Bonchev–Trinajstić information content (AvgIpc) is 2.85. The summed E-state index contributed by atoms with van der Waals surface area (Å²) in [5.41, 5.74) is 9.60. The first-order valence-electron chi connectivity index (χ1n) is 11.5. The van der Waals surface area contributed by atoms with Crippen LogP contribution in [0.25, 0.3) is 0 Å². The second kappa shape index (κ2) is 12.8. The van der Waals surface area contributed by atoms with Crippen molar-refractivity contribution in [2.45, 2.75) is 37.8 Å². The van der Waals surface area contributed by atoms with Gasteiger partial charge in [-0.3, -0.25) is 9.69 Å². The van der Waals surface area contributed by atoms with Crippen LogP contribution in [0.4, 0.5) is 0 Å². The van der Waals surface area contributed by atoms with Crippen molar-refractivity contribution in [3.8, 4) is 0 Å². The number of amides is 1. The van der Waals surface area contributed by atoms with Gasteiger partial charge >= 0.3 is 0 Å². The smallest absolute Gasteiger partial charge is 0.237 e. The maximum Gasteiger partial charge on any atom is 0.237 e. The highest BCUT2D eigenvalue weighted by Gasteiger charge is 2.22. The third-order valence-electron chi connectivity index (χ3n) is 5.99. The Labute approximate surface area is 192 Å². The van der Waals surface area contributed by atoms with E-state index in [0.29, 0.717) is 25.4 Å². The van der Waals surface area contributed by atoms with Crippen LogP contribution in [0.15, 0.2) is 91.0 Å². The van der Waals surface area contributed by atoms with Gasteiger partial charge in [-0.05, 0) is 56.1 Å².